The molecule has 0 saturated carbocycles. The standard InChI is InChI=1S/C24H21N3O/c1-16-8-3-4-11-19(16)23-15-21(17-9-7-10-18(14-17)28-2)26-24-25-20-12-5-6-13-22(20)27(23)24/h3-15,23H,1-2H3,(H,25,26)/t23-/m0/s1. The third-order valence-electron chi connectivity index (χ3n) is 5.33. The number of benzene rings is 3. The third-order valence-corrected chi connectivity index (χ3v) is 5.33. The molecule has 0 radical (unpaired) electrons. The van der Waals surface area contributed by atoms with Gasteiger partial charge in [-0.2, -0.15) is 0 Å². The molecule has 1 aliphatic rings. The maximum Gasteiger partial charge on any atom is 0.209 e. The predicted octanol–water partition coefficient (Wildman–Crippen LogP) is 5.41. The van der Waals surface area contributed by atoms with Crippen LogP contribution in [0.2, 0.25) is 0 Å². The summed E-state index contributed by atoms with van der Waals surface area (Å²) in [5.41, 5.74) is 6.77. The van der Waals surface area contributed by atoms with E-state index in [1.165, 1.54) is 11.1 Å². The number of fused-ring (bicyclic) bond motifs is 3. The topological polar surface area (TPSA) is 39.1 Å². The first kappa shape index (κ1) is 16.6. The molecule has 1 N–H and O–H groups in total. The number of methoxy groups -OCH3 is 1. The summed E-state index contributed by atoms with van der Waals surface area (Å²) in [5.74, 6) is 1.70. The highest BCUT2D eigenvalue weighted by atomic mass is 16.5. The Hall–Kier alpha value is -3.53. The number of nitrogens with one attached hydrogen (secondary N) is 1. The number of nitrogens with zero attached hydrogens (tertiary/aromatic N) is 2. The molecule has 4 heteroatoms. The zero-order valence-corrected chi connectivity index (χ0v) is 15.9. The lowest BCUT2D eigenvalue weighted by Gasteiger charge is -2.27. The number of hydrogen-bond donors (Lipinski definition) is 1. The summed E-state index contributed by atoms with van der Waals surface area (Å²) in [5, 5.41) is 3.53. The van der Waals surface area contributed by atoms with Gasteiger partial charge in [0.25, 0.3) is 0 Å². The molecule has 1 aromatic heterocycles. The molecule has 1 atom stereocenters. The number of anilines is 1. The van der Waals surface area contributed by atoms with E-state index in [9.17, 15) is 0 Å². The largest absolute Gasteiger partial charge is 0.497 e. The van der Waals surface area contributed by atoms with Crippen LogP contribution in [0.4, 0.5) is 5.95 Å². The molecule has 2 heterocycles. The van der Waals surface area contributed by atoms with Gasteiger partial charge in [0.1, 0.15) is 5.75 Å². The van der Waals surface area contributed by atoms with Crippen molar-refractivity contribution in [2.75, 3.05) is 12.4 Å². The minimum Gasteiger partial charge on any atom is -0.497 e. The lowest BCUT2D eigenvalue weighted by Crippen LogP contribution is -2.19. The molecule has 4 aromatic rings. The van der Waals surface area contributed by atoms with Crippen LogP contribution >= 0.6 is 0 Å². The Labute approximate surface area is 164 Å². The van der Waals surface area contributed by atoms with Crippen LogP contribution in [0.15, 0.2) is 78.9 Å². The minimum absolute atomic E-state index is 0.0612. The quantitative estimate of drug-likeness (QED) is 0.526. The maximum atomic E-state index is 5.42. The number of ether oxygens (including phenoxy) is 1. The average Bonchev–Trinajstić information content (AvgIpc) is 3.12. The second-order valence-electron chi connectivity index (χ2n) is 7.03. The van der Waals surface area contributed by atoms with Crippen molar-refractivity contribution in [3.8, 4) is 5.75 Å². The molecule has 0 saturated heterocycles. The van der Waals surface area contributed by atoms with E-state index in [0.29, 0.717) is 0 Å². The van der Waals surface area contributed by atoms with Gasteiger partial charge in [-0.3, -0.25) is 4.57 Å². The van der Waals surface area contributed by atoms with Crippen LogP contribution in [-0.2, 0) is 0 Å². The first-order chi connectivity index (χ1) is 13.7. The van der Waals surface area contributed by atoms with Crippen LogP contribution in [0.5, 0.6) is 5.75 Å². The molecule has 0 unspecified atom stereocenters. The van der Waals surface area contributed by atoms with Crippen LogP contribution in [0.3, 0.4) is 0 Å². The van der Waals surface area contributed by atoms with Crippen LogP contribution in [0.1, 0.15) is 22.7 Å². The number of aryl methyl sites for hydroxylation is 1. The fourth-order valence-electron chi connectivity index (χ4n) is 3.92. The summed E-state index contributed by atoms with van der Waals surface area (Å²) in [4.78, 5) is 4.86. The number of para-hydroxylation sites is 2. The molecule has 4 nitrogen and oxygen atoms in total. The van der Waals surface area contributed by atoms with E-state index < -0.39 is 0 Å². The van der Waals surface area contributed by atoms with Crippen LogP contribution in [0.25, 0.3) is 16.7 Å². The highest BCUT2D eigenvalue weighted by Crippen LogP contribution is 2.38. The zero-order chi connectivity index (χ0) is 19.1. The summed E-state index contributed by atoms with van der Waals surface area (Å²) >= 11 is 0. The average molecular weight is 367 g/mol. The molecule has 138 valence electrons. The van der Waals surface area contributed by atoms with Crippen LogP contribution in [-0.4, -0.2) is 16.7 Å². The zero-order valence-electron chi connectivity index (χ0n) is 15.9. The number of aromatic nitrogens is 2. The molecular formula is C24H21N3O. The molecule has 3 aromatic carbocycles. The monoisotopic (exact) mass is 367 g/mol. The summed E-state index contributed by atoms with van der Waals surface area (Å²) in [7, 11) is 1.69. The Bertz CT molecular complexity index is 1210. The first-order valence-corrected chi connectivity index (χ1v) is 9.40. The highest BCUT2D eigenvalue weighted by molar-refractivity contribution is 5.85. The van der Waals surface area contributed by atoms with Crippen molar-refractivity contribution in [2.24, 2.45) is 0 Å². The maximum absolute atomic E-state index is 5.42. The van der Waals surface area contributed by atoms with Gasteiger partial charge < -0.3 is 10.1 Å². The molecule has 28 heavy (non-hydrogen) atoms. The number of allylic oxidation sites excluding steroid dienone is 1. The van der Waals surface area contributed by atoms with Crippen molar-refractivity contribution in [2.45, 2.75) is 13.0 Å². The van der Waals surface area contributed by atoms with E-state index >= 15 is 0 Å². The fourth-order valence-corrected chi connectivity index (χ4v) is 3.92. The Morgan fingerprint density at radius 2 is 1.79 bits per heavy atom. The van der Waals surface area contributed by atoms with Crippen molar-refractivity contribution < 1.29 is 4.74 Å². The van der Waals surface area contributed by atoms with Gasteiger partial charge in [0.2, 0.25) is 5.95 Å². The lowest BCUT2D eigenvalue weighted by atomic mass is 9.97. The van der Waals surface area contributed by atoms with Gasteiger partial charge in [0, 0.05) is 11.3 Å². The van der Waals surface area contributed by atoms with Gasteiger partial charge in [-0.1, -0.05) is 48.5 Å². The van der Waals surface area contributed by atoms with E-state index in [2.05, 4.69) is 71.4 Å². The molecule has 0 fully saturated rings. The van der Waals surface area contributed by atoms with Gasteiger partial charge in [-0.15, -0.1) is 0 Å². The van der Waals surface area contributed by atoms with Crippen molar-refractivity contribution in [3.05, 3.63) is 95.6 Å². The van der Waals surface area contributed by atoms with E-state index in [1.54, 1.807) is 7.11 Å². The van der Waals surface area contributed by atoms with Crippen molar-refractivity contribution >= 4 is 22.7 Å². The molecule has 0 bridgehead atoms. The van der Waals surface area contributed by atoms with Crippen molar-refractivity contribution in [1.82, 2.24) is 9.55 Å². The van der Waals surface area contributed by atoms with Gasteiger partial charge in [0.15, 0.2) is 0 Å². The highest BCUT2D eigenvalue weighted by Gasteiger charge is 2.26. The van der Waals surface area contributed by atoms with Gasteiger partial charge in [-0.25, -0.2) is 4.98 Å². The summed E-state index contributed by atoms with van der Waals surface area (Å²) in [6.45, 7) is 2.16. The number of imidazole rings is 1. The minimum atomic E-state index is 0.0612. The van der Waals surface area contributed by atoms with E-state index in [1.807, 2.05) is 24.3 Å². The van der Waals surface area contributed by atoms with E-state index in [-0.39, 0.29) is 6.04 Å². The molecule has 1 aliphatic heterocycles. The molecule has 5 rings (SSSR count). The van der Waals surface area contributed by atoms with Gasteiger partial charge in [-0.05, 0) is 48.4 Å². The summed E-state index contributed by atoms with van der Waals surface area (Å²) < 4.78 is 7.70. The van der Waals surface area contributed by atoms with Crippen LogP contribution < -0.4 is 10.1 Å². The van der Waals surface area contributed by atoms with Crippen LogP contribution in [0, 0.1) is 6.92 Å². The van der Waals surface area contributed by atoms with Gasteiger partial charge >= 0.3 is 0 Å². The molecule has 0 aliphatic carbocycles. The summed E-state index contributed by atoms with van der Waals surface area (Å²) in [6.07, 6.45) is 2.28. The van der Waals surface area contributed by atoms with Crippen molar-refractivity contribution in [3.63, 3.8) is 0 Å². The summed E-state index contributed by atoms with van der Waals surface area (Å²) in [6, 6.07) is 25.0. The smallest absolute Gasteiger partial charge is 0.209 e. The predicted molar refractivity (Wildman–Crippen MR) is 114 cm³/mol. The van der Waals surface area contributed by atoms with Crippen molar-refractivity contribution in [1.29, 1.82) is 0 Å². The Kier molecular flexibility index (Phi) is 3.90. The van der Waals surface area contributed by atoms with Gasteiger partial charge in [0.05, 0.1) is 24.2 Å². The number of hydrogen-bond acceptors (Lipinski definition) is 3. The first-order valence-electron chi connectivity index (χ1n) is 9.40. The second-order valence-corrected chi connectivity index (χ2v) is 7.03. The number of rotatable bonds is 3. The lowest BCUT2D eigenvalue weighted by molar-refractivity contribution is 0.414. The molecule has 0 spiro atoms. The Balaban J connectivity index is 1.73. The molecule has 0 amide bonds. The molecular weight excluding hydrogens is 346 g/mol. The SMILES string of the molecule is COc1cccc(C2=C[C@@H](c3ccccc3C)n3c(nc4ccccc43)N2)c1. The Morgan fingerprint density at radius 3 is 2.64 bits per heavy atom. The fraction of sp³-hybridized carbons (Fsp3) is 0.125. The second kappa shape index (κ2) is 6.57. The van der Waals surface area contributed by atoms with E-state index in [4.69, 9.17) is 9.72 Å². The third kappa shape index (κ3) is 2.65. The van der Waals surface area contributed by atoms with E-state index in [0.717, 1.165) is 34.0 Å². The normalized spacial score (nSPS) is 15.6. The Morgan fingerprint density at radius 1 is 0.964 bits per heavy atom.